The zero-order valence-corrected chi connectivity index (χ0v) is 21.8. The number of aryl methyl sites for hydroxylation is 1. The number of nitrogens with zero attached hydrogens (tertiary/aromatic N) is 2. The Morgan fingerprint density at radius 2 is 1.61 bits per heavy atom. The van der Waals surface area contributed by atoms with Crippen molar-refractivity contribution >= 4 is 17.8 Å². The van der Waals surface area contributed by atoms with Crippen LogP contribution in [0.25, 0.3) is 0 Å². The van der Waals surface area contributed by atoms with Gasteiger partial charge in [0.2, 0.25) is 5.91 Å². The standard InChI is InChI=1S/C30H36N2O4/c1-5-36-30(35)28-22(4)32(27(33)18-26(28)24-10-6-20(2)7-11-24)19-23-8-12-25(13-9-23)29(34)31-16-14-21(3)15-17-31/h6-13,21,26H,5,14-19H2,1-4H3. The van der Waals surface area contributed by atoms with Crippen LogP contribution in [0.3, 0.4) is 0 Å². The van der Waals surface area contributed by atoms with E-state index in [1.165, 1.54) is 0 Å². The van der Waals surface area contributed by atoms with E-state index in [0.29, 0.717) is 29.3 Å². The number of benzene rings is 2. The Morgan fingerprint density at radius 1 is 0.972 bits per heavy atom. The minimum absolute atomic E-state index is 0.0336. The van der Waals surface area contributed by atoms with Gasteiger partial charge in [0.15, 0.2) is 0 Å². The molecule has 1 fully saturated rings. The van der Waals surface area contributed by atoms with E-state index < -0.39 is 0 Å². The second-order valence-electron chi connectivity index (χ2n) is 10.0. The number of amides is 2. The van der Waals surface area contributed by atoms with Crippen LogP contribution in [-0.2, 0) is 20.9 Å². The van der Waals surface area contributed by atoms with Gasteiger partial charge in [0.1, 0.15) is 0 Å². The van der Waals surface area contributed by atoms with Gasteiger partial charge in [-0.25, -0.2) is 4.79 Å². The molecule has 2 amide bonds. The zero-order valence-electron chi connectivity index (χ0n) is 21.8. The second-order valence-corrected chi connectivity index (χ2v) is 10.0. The lowest BCUT2D eigenvalue weighted by atomic mass is 9.83. The lowest BCUT2D eigenvalue weighted by Gasteiger charge is -2.34. The maximum atomic E-state index is 13.3. The van der Waals surface area contributed by atoms with Crippen molar-refractivity contribution in [3.8, 4) is 0 Å². The van der Waals surface area contributed by atoms with E-state index in [1.807, 2.05) is 67.3 Å². The van der Waals surface area contributed by atoms with Crippen LogP contribution in [-0.4, -0.2) is 47.3 Å². The summed E-state index contributed by atoms with van der Waals surface area (Å²) in [5, 5.41) is 0. The summed E-state index contributed by atoms with van der Waals surface area (Å²) in [7, 11) is 0. The Bertz CT molecular complexity index is 1140. The first-order valence-electron chi connectivity index (χ1n) is 12.9. The number of allylic oxidation sites excluding steroid dienone is 1. The van der Waals surface area contributed by atoms with Crippen molar-refractivity contribution in [2.24, 2.45) is 5.92 Å². The molecule has 2 aliphatic heterocycles. The van der Waals surface area contributed by atoms with E-state index in [0.717, 1.165) is 42.6 Å². The molecule has 6 heteroatoms. The number of hydrogen-bond donors (Lipinski definition) is 0. The minimum atomic E-state index is -0.380. The van der Waals surface area contributed by atoms with Crippen molar-refractivity contribution in [1.29, 1.82) is 0 Å². The Kier molecular flexibility index (Phi) is 7.92. The fraction of sp³-hybridized carbons (Fsp3) is 0.433. The summed E-state index contributed by atoms with van der Waals surface area (Å²) in [6.07, 6.45) is 2.29. The Hall–Kier alpha value is -3.41. The van der Waals surface area contributed by atoms with Crippen molar-refractivity contribution in [3.63, 3.8) is 0 Å². The lowest BCUT2D eigenvalue weighted by molar-refractivity contribution is -0.140. The van der Waals surface area contributed by atoms with Gasteiger partial charge < -0.3 is 14.5 Å². The largest absolute Gasteiger partial charge is 0.463 e. The highest BCUT2D eigenvalue weighted by atomic mass is 16.5. The Balaban J connectivity index is 1.56. The third-order valence-electron chi connectivity index (χ3n) is 7.41. The molecule has 0 N–H and O–H groups in total. The van der Waals surface area contributed by atoms with E-state index in [1.54, 1.807) is 11.8 Å². The molecule has 1 unspecified atom stereocenters. The molecule has 2 aromatic carbocycles. The molecule has 0 bridgehead atoms. The summed E-state index contributed by atoms with van der Waals surface area (Å²) in [4.78, 5) is 42.7. The number of carbonyl (C=O) groups excluding carboxylic acids is 3. The number of hydrogen-bond acceptors (Lipinski definition) is 4. The van der Waals surface area contributed by atoms with Gasteiger partial charge in [0.05, 0.1) is 18.7 Å². The van der Waals surface area contributed by atoms with Crippen LogP contribution in [0, 0.1) is 12.8 Å². The van der Waals surface area contributed by atoms with Gasteiger partial charge in [-0.1, -0.05) is 48.9 Å². The summed E-state index contributed by atoms with van der Waals surface area (Å²) in [5.41, 5.74) is 4.79. The molecule has 1 saturated heterocycles. The normalized spacial score (nSPS) is 19.0. The molecule has 0 radical (unpaired) electrons. The van der Waals surface area contributed by atoms with Gasteiger partial charge in [-0.15, -0.1) is 0 Å². The third kappa shape index (κ3) is 5.53. The number of rotatable bonds is 6. The molecule has 0 saturated carbocycles. The first kappa shape index (κ1) is 25.7. The third-order valence-corrected chi connectivity index (χ3v) is 7.41. The van der Waals surface area contributed by atoms with E-state index in [2.05, 4.69) is 6.92 Å². The van der Waals surface area contributed by atoms with Crippen LogP contribution in [0.5, 0.6) is 0 Å². The molecule has 1 atom stereocenters. The smallest absolute Gasteiger partial charge is 0.336 e. The lowest BCUT2D eigenvalue weighted by Crippen LogP contribution is -2.38. The number of likely N-dealkylation sites (tertiary alicyclic amines) is 1. The maximum Gasteiger partial charge on any atom is 0.336 e. The van der Waals surface area contributed by atoms with Crippen LogP contribution >= 0.6 is 0 Å². The van der Waals surface area contributed by atoms with Gasteiger partial charge in [0.25, 0.3) is 5.91 Å². The van der Waals surface area contributed by atoms with E-state index in [-0.39, 0.29) is 36.7 Å². The van der Waals surface area contributed by atoms with Crippen LogP contribution in [0.1, 0.15) is 73.0 Å². The van der Waals surface area contributed by atoms with E-state index >= 15 is 0 Å². The predicted molar refractivity (Wildman–Crippen MR) is 139 cm³/mol. The molecular formula is C30H36N2O4. The van der Waals surface area contributed by atoms with Crippen LogP contribution in [0.2, 0.25) is 0 Å². The molecule has 0 aliphatic carbocycles. The highest BCUT2D eigenvalue weighted by Gasteiger charge is 2.37. The molecule has 0 aromatic heterocycles. The molecule has 4 rings (SSSR count). The monoisotopic (exact) mass is 488 g/mol. The molecule has 2 aliphatic rings. The number of piperidine rings is 1. The van der Waals surface area contributed by atoms with Crippen molar-refractivity contribution in [2.45, 2.75) is 59.4 Å². The maximum absolute atomic E-state index is 13.3. The topological polar surface area (TPSA) is 66.9 Å². The molecule has 6 nitrogen and oxygen atoms in total. The van der Waals surface area contributed by atoms with Gasteiger partial charge in [-0.2, -0.15) is 0 Å². The zero-order chi connectivity index (χ0) is 25.8. The van der Waals surface area contributed by atoms with Crippen molar-refractivity contribution in [2.75, 3.05) is 19.7 Å². The van der Waals surface area contributed by atoms with Gasteiger partial charge in [-0.3, -0.25) is 9.59 Å². The highest BCUT2D eigenvalue weighted by Crippen LogP contribution is 2.37. The van der Waals surface area contributed by atoms with Crippen LogP contribution in [0.4, 0.5) is 0 Å². The quantitative estimate of drug-likeness (QED) is 0.523. The Morgan fingerprint density at radius 3 is 2.22 bits per heavy atom. The van der Waals surface area contributed by atoms with Gasteiger partial charge in [-0.05, 0) is 62.8 Å². The van der Waals surface area contributed by atoms with E-state index in [9.17, 15) is 14.4 Å². The highest BCUT2D eigenvalue weighted by molar-refractivity contribution is 5.96. The molecule has 0 spiro atoms. The molecule has 36 heavy (non-hydrogen) atoms. The summed E-state index contributed by atoms with van der Waals surface area (Å²) in [6.45, 7) is 10.1. The average molecular weight is 489 g/mol. The van der Waals surface area contributed by atoms with Crippen molar-refractivity contribution < 1.29 is 19.1 Å². The fourth-order valence-corrected chi connectivity index (χ4v) is 5.09. The summed E-state index contributed by atoms with van der Waals surface area (Å²) in [6, 6.07) is 15.4. The summed E-state index contributed by atoms with van der Waals surface area (Å²) in [5.74, 6) is -0.0201. The summed E-state index contributed by atoms with van der Waals surface area (Å²) >= 11 is 0. The molecule has 2 aromatic rings. The van der Waals surface area contributed by atoms with Gasteiger partial charge >= 0.3 is 5.97 Å². The minimum Gasteiger partial charge on any atom is -0.463 e. The second kappa shape index (κ2) is 11.1. The van der Waals surface area contributed by atoms with Crippen molar-refractivity contribution in [3.05, 3.63) is 82.1 Å². The molecular weight excluding hydrogens is 452 g/mol. The number of ether oxygens (including phenoxy) is 1. The first-order chi connectivity index (χ1) is 17.3. The molecule has 190 valence electrons. The van der Waals surface area contributed by atoms with E-state index in [4.69, 9.17) is 4.74 Å². The average Bonchev–Trinajstić information content (AvgIpc) is 2.87. The fourth-order valence-electron chi connectivity index (χ4n) is 5.09. The summed E-state index contributed by atoms with van der Waals surface area (Å²) < 4.78 is 5.39. The number of carbonyl (C=O) groups is 3. The number of esters is 1. The van der Waals surface area contributed by atoms with Crippen LogP contribution < -0.4 is 0 Å². The van der Waals surface area contributed by atoms with Gasteiger partial charge in [0, 0.05) is 36.7 Å². The predicted octanol–water partition coefficient (Wildman–Crippen LogP) is 5.22. The van der Waals surface area contributed by atoms with Crippen LogP contribution in [0.15, 0.2) is 59.8 Å². The first-order valence-corrected chi connectivity index (χ1v) is 12.9. The Labute approximate surface area is 213 Å². The van der Waals surface area contributed by atoms with Crippen molar-refractivity contribution in [1.82, 2.24) is 9.80 Å². The SMILES string of the molecule is CCOC(=O)C1=C(C)N(Cc2ccc(C(=O)N3CCC(C)CC3)cc2)C(=O)CC1c1ccc(C)cc1. The molecule has 2 heterocycles.